The van der Waals surface area contributed by atoms with Gasteiger partial charge >= 0.3 is 6.03 Å². The Kier molecular flexibility index (Phi) is 5.47. The largest absolute Gasteiger partial charge is 0.335 e. The van der Waals surface area contributed by atoms with Crippen LogP contribution >= 0.6 is 11.8 Å². The number of rotatable bonds is 3. The van der Waals surface area contributed by atoms with Crippen LogP contribution in [0.3, 0.4) is 0 Å². The van der Waals surface area contributed by atoms with E-state index in [9.17, 15) is 9.18 Å². The first-order valence-electron chi connectivity index (χ1n) is 6.72. The molecule has 0 aromatic heterocycles. The van der Waals surface area contributed by atoms with Crippen LogP contribution in [0.25, 0.3) is 0 Å². The minimum absolute atomic E-state index is 0.0697. The minimum Gasteiger partial charge on any atom is -0.335 e. The van der Waals surface area contributed by atoms with E-state index < -0.39 is 0 Å². The molecule has 0 spiro atoms. The molecule has 1 saturated heterocycles. The van der Waals surface area contributed by atoms with Gasteiger partial charge in [-0.15, -0.1) is 6.58 Å². The van der Waals surface area contributed by atoms with E-state index in [1.54, 1.807) is 28.8 Å². The zero-order chi connectivity index (χ0) is 14.4. The van der Waals surface area contributed by atoms with Crippen LogP contribution in [0.2, 0.25) is 0 Å². The number of nitrogens with zero attached hydrogens (tertiary/aromatic N) is 1. The van der Waals surface area contributed by atoms with E-state index in [0.717, 1.165) is 17.7 Å². The number of carbonyl (C=O) groups excluding carboxylic acids is 1. The maximum absolute atomic E-state index is 13.8. The van der Waals surface area contributed by atoms with Gasteiger partial charge in [0, 0.05) is 36.2 Å². The Balaban J connectivity index is 1.97. The monoisotopic (exact) mass is 294 g/mol. The van der Waals surface area contributed by atoms with Gasteiger partial charge in [-0.05, 0) is 12.5 Å². The van der Waals surface area contributed by atoms with Crippen molar-refractivity contribution in [3.63, 3.8) is 0 Å². The van der Waals surface area contributed by atoms with Gasteiger partial charge in [0.1, 0.15) is 5.82 Å². The Morgan fingerprint density at radius 2 is 2.30 bits per heavy atom. The van der Waals surface area contributed by atoms with Crippen LogP contribution in [0, 0.1) is 5.82 Å². The smallest absolute Gasteiger partial charge is 0.317 e. The van der Waals surface area contributed by atoms with Crippen molar-refractivity contribution in [1.82, 2.24) is 10.2 Å². The lowest BCUT2D eigenvalue weighted by Gasteiger charge is -2.20. The molecule has 1 aliphatic heterocycles. The molecule has 0 saturated carbocycles. The second-order valence-corrected chi connectivity index (χ2v) is 5.94. The molecule has 5 heteroatoms. The molecule has 1 aromatic carbocycles. The summed E-state index contributed by atoms with van der Waals surface area (Å²) in [4.78, 5) is 13.7. The van der Waals surface area contributed by atoms with Crippen LogP contribution in [0.15, 0.2) is 36.9 Å². The summed E-state index contributed by atoms with van der Waals surface area (Å²) in [6, 6.07) is 6.82. The van der Waals surface area contributed by atoms with Gasteiger partial charge in [-0.1, -0.05) is 24.3 Å². The molecule has 0 radical (unpaired) electrons. The lowest BCUT2D eigenvalue weighted by molar-refractivity contribution is 0.202. The average molecular weight is 294 g/mol. The fraction of sp³-hybridized carbons (Fsp3) is 0.400. The van der Waals surface area contributed by atoms with E-state index in [2.05, 4.69) is 11.9 Å². The van der Waals surface area contributed by atoms with Crippen molar-refractivity contribution in [1.29, 1.82) is 0 Å². The zero-order valence-electron chi connectivity index (χ0n) is 11.3. The molecule has 2 rings (SSSR count). The van der Waals surface area contributed by atoms with E-state index in [-0.39, 0.29) is 17.1 Å². The topological polar surface area (TPSA) is 32.3 Å². The molecule has 1 unspecified atom stereocenters. The Morgan fingerprint density at radius 1 is 1.50 bits per heavy atom. The summed E-state index contributed by atoms with van der Waals surface area (Å²) in [6.45, 7) is 5.39. The molecule has 1 atom stereocenters. The van der Waals surface area contributed by atoms with Gasteiger partial charge in [0.2, 0.25) is 0 Å². The predicted molar refractivity (Wildman–Crippen MR) is 81.4 cm³/mol. The molecule has 108 valence electrons. The molecule has 1 N–H and O–H groups in total. The number of nitrogens with one attached hydrogen (secondary N) is 1. The van der Waals surface area contributed by atoms with Crippen LogP contribution in [-0.2, 0) is 0 Å². The van der Waals surface area contributed by atoms with E-state index in [1.165, 1.54) is 6.07 Å². The van der Waals surface area contributed by atoms with Crippen LogP contribution in [0.5, 0.6) is 0 Å². The summed E-state index contributed by atoms with van der Waals surface area (Å²) in [7, 11) is 0. The van der Waals surface area contributed by atoms with Crippen LogP contribution in [-0.4, -0.2) is 36.3 Å². The third-order valence-corrected chi connectivity index (χ3v) is 4.59. The van der Waals surface area contributed by atoms with Gasteiger partial charge in [0.05, 0.1) is 0 Å². The average Bonchev–Trinajstić information content (AvgIpc) is 2.71. The summed E-state index contributed by atoms with van der Waals surface area (Å²) < 4.78 is 13.8. The van der Waals surface area contributed by atoms with Crippen molar-refractivity contribution < 1.29 is 9.18 Å². The predicted octanol–water partition coefficient (Wildman–Crippen LogP) is 3.20. The summed E-state index contributed by atoms with van der Waals surface area (Å²) >= 11 is 1.71. The molecule has 1 fully saturated rings. The van der Waals surface area contributed by atoms with E-state index in [1.807, 2.05) is 12.1 Å². The number of hydrogen-bond acceptors (Lipinski definition) is 2. The van der Waals surface area contributed by atoms with Crippen molar-refractivity contribution in [2.75, 3.05) is 25.4 Å². The highest BCUT2D eigenvalue weighted by atomic mass is 32.2. The number of amides is 2. The van der Waals surface area contributed by atoms with Crippen molar-refractivity contribution in [2.24, 2.45) is 0 Å². The molecule has 1 heterocycles. The normalized spacial score (nSPS) is 19.2. The minimum atomic E-state index is -0.158. The van der Waals surface area contributed by atoms with E-state index in [4.69, 9.17) is 0 Å². The van der Waals surface area contributed by atoms with Crippen LogP contribution in [0.4, 0.5) is 9.18 Å². The van der Waals surface area contributed by atoms with Gasteiger partial charge in [0.25, 0.3) is 0 Å². The molecule has 2 amide bonds. The van der Waals surface area contributed by atoms with Crippen molar-refractivity contribution in [3.05, 3.63) is 48.3 Å². The third-order valence-electron chi connectivity index (χ3n) is 3.28. The summed E-state index contributed by atoms with van der Waals surface area (Å²) in [5.41, 5.74) is 0.742. The first kappa shape index (κ1) is 14.9. The summed E-state index contributed by atoms with van der Waals surface area (Å²) in [5.74, 6) is 0.662. The van der Waals surface area contributed by atoms with Crippen LogP contribution < -0.4 is 5.32 Å². The molecule has 0 aliphatic carbocycles. The highest BCUT2D eigenvalue weighted by Gasteiger charge is 2.23. The quantitative estimate of drug-likeness (QED) is 0.868. The first-order valence-corrected chi connectivity index (χ1v) is 7.77. The Bertz CT molecular complexity index is 481. The zero-order valence-corrected chi connectivity index (χ0v) is 12.2. The Hall–Kier alpha value is -1.49. The van der Waals surface area contributed by atoms with Gasteiger partial charge in [-0.3, -0.25) is 0 Å². The van der Waals surface area contributed by atoms with E-state index >= 15 is 0 Å². The number of benzene rings is 1. The highest BCUT2D eigenvalue weighted by Crippen LogP contribution is 2.35. The molecule has 1 aromatic rings. The Morgan fingerprint density at radius 3 is 3.05 bits per heavy atom. The Labute approximate surface area is 123 Å². The molecule has 20 heavy (non-hydrogen) atoms. The van der Waals surface area contributed by atoms with Crippen molar-refractivity contribution >= 4 is 17.8 Å². The molecule has 0 bridgehead atoms. The standard InChI is InChI=1S/C15H19FN2OS/c1-2-8-17-15(19)18-9-7-14(20-11-10-18)12-5-3-4-6-13(12)16/h2-6,14H,1,7-11H2,(H,17,19). The lowest BCUT2D eigenvalue weighted by Crippen LogP contribution is -2.41. The highest BCUT2D eigenvalue weighted by molar-refractivity contribution is 7.99. The molecular weight excluding hydrogens is 275 g/mol. The first-order chi connectivity index (χ1) is 9.72. The number of hydrogen-bond donors (Lipinski definition) is 1. The number of thioether (sulfide) groups is 1. The van der Waals surface area contributed by atoms with Crippen LogP contribution in [0.1, 0.15) is 17.2 Å². The fourth-order valence-corrected chi connectivity index (χ4v) is 3.48. The number of halogens is 1. The number of carbonyl (C=O) groups is 1. The van der Waals surface area contributed by atoms with Gasteiger partial charge in [0.15, 0.2) is 0 Å². The molecule has 1 aliphatic rings. The van der Waals surface area contributed by atoms with E-state index in [0.29, 0.717) is 19.6 Å². The fourth-order valence-electron chi connectivity index (χ4n) is 2.23. The van der Waals surface area contributed by atoms with Crippen molar-refractivity contribution in [3.8, 4) is 0 Å². The van der Waals surface area contributed by atoms with Gasteiger partial charge in [-0.25, -0.2) is 9.18 Å². The second-order valence-electron chi connectivity index (χ2n) is 4.63. The summed E-state index contributed by atoms with van der Waals surface area (Å²) in [5, 5.41) is 2.90. The summed E-state index contributed by atoms with van der Waals surface area (Å²) in [6.07, 6.45) is 2.43. The molecule has 3 nitrogen and oxygen atoms in total. The second kappa shape index (κ2) is 7.33. The maximum atomic E-state index is 13.8. The SMILES string of the molecule is C=CCNC(=O)N1CCSC(c2ccccc2F)CC1. The maximum Gasteiger partial charge on any atom is 0.317 e. The van der Waals surface area contributed by atoms with Gasteiger partial charge in [-0.2, -0.15) is 11.8 Å². The third kappa shape index (κ3) is 3.76. The lowest BCUT2D eigenvalue weighted by atomic mass is 10.1. The molecular formula is C15H19FN2OS. The number of urea groups is 1. The van der Waals surface area contributed by atoms with Crippen molar-refractivity contribution in [2.45, 2.75) is 11.7 Å². The van der Waals surface area contributed by atoms with Gasteiger partial charge < -0.3 is 10.2 Å².